The zero-order chi connectivity index (χ0) is 18.0. The van der Waals surface area contributed by atoms with Crippen molar-refractivity contribution in [1.29, 1.82) is 0 Å². The predicted molar refractivity (Wildman–Crippen MR) is 99.9 cm³/mol. The highest BCUT2D eigenvalue weighted by atomic mass is 35.5. The number of thiophene rings is 1. The molecule has 0 N–H and O–H groups in total. The summed E-state index contributed by atoms with van der Waals surface area (Å²) < 4.78 is 0. The lowest BCUT2D eigenvalue weighted by Crippen LogP contribution is -2.35. The van der Waals surface area contributed by atoms with Crippen LogP contribution < -0.4 is 4.90 Å². The summed E-state index contributed by atoms with van der Waals surface area (Å²) in [7, 11) is 0. The average molecular weight is 380 g/mol. The van der Waals surface area contributed by atoms with Crippen LogP contribution in [-0.2, 0) is 0 Å². The van der Waals surface area contributed by atoms with Gasteiger partial charge in [0.2, 0.25) is 0 Å². The third-order valence-electron chi connectivity index (χ3n) is 4.28. The molecule has 1 amide bonds. The summed E-state index contributed by atoms with van der Waals surface area (Å²) in [6, 6.07) is 6.65. The highest BCUT2D eigenvalue weighted by Crippen LogP contribution is 2.34. The number of anilines is 1. The van der Waals surface area contributed by atoms with Gasteiger partial charge in [-0.05, 0) is 30.4 Å². The molecule has 0 radical (unpaired) electrons. The number of carbonyl (C=O) groups is 1. The maximum Gasteiger partial charge on any atom is 0.271 e. The molecule has 3 rings (SSSR count). The quantitative estimate of drug-likeness (QED) is 0.597. The minimum absolute atomic E-state index is 0.00410. The van der Waals surface area contributed by atoms with Gasteiger partial charge in [-0.3, -0.25) is 14.9 Å². The molecule has 1 aliphatic rings. The van der Waals surface area contributed by atoms with Crippen LogP contribution in [0.1, 0.15) is 21.7 Å². The monoisotopic (exact) mass is 379 g/mol. The molecule has 1 aliphatic heterocycles. The van der Waals surface area contributed by atoms with E-state index in [1.165, 1.54) is 17.4 Å². The van der Waals surface area contributed by atoms with Gasteiger partial charge in [-0.1, -0.05) is 17.7 Å². The molecule has 1 saturated heterocycles. The smallest absolute Gasteiger partial charge is 0.271 e. The Morgan fingerprint density at radius 1 is 1.28 bits per heavy atom. The summed E-state index contributed by atoms with van der Waals surface area (Å²) in [5.41, 5.74) is 1.59. The lowest BCUT2D eigenvalue weighted by atomic mass is 10.1. The molecule has 1 aromatic carbocycles. The van der Waals surface area contributed by atoms with E-state index in [1.807, 2.05) is 29.3 Å². The Morgan fingerprint density at radius 2 is 2.08 bits per heavy atom. The second-order valence-corrected chi connectivity index (χ2v) is 7.32. The Balaban J connectivity index is 1.77. The fourth-order valence-corrected chi connectivity index (χ4v) is 4.20. The molecule has 6 nitrogen and oxygen atoms in total. The molecule has 0 unspecified atom stereocenters. The Labute approximate surface area is 154 Å². The number of hydrogen-bond donors (Lipinski definition) is 0. The summed E-state index contributed by atoms with van der Waals surface area (Å²) in [6.07, 6.45) is 0.823. The molecule has 1 aromatic heterocycles. The van der Waals surface area contributed by atoms with Crippen LogP contribution in [0.15, 0.2) is 29.6 Å². The molecule has 0 aliphatic carbocycles. The predicted octanol–water partition coefficient (Wildman–Crippen LogP) is 3.97. The second-order valence-electron chi connectivity index (χ2n) is 5.96. The summed E-state index contributed by atoms with van der Waals surface area (Å²) in [4.78, 5) is 27.8. The average Bonchev–Trinajstić information content (AvgIpc) is 3.00. The van der Waals surface area contributed by atoms with Crippen LogP contribution >= 0.6 is 22.9 Å². The first kappa shape index (κ1) is 17.7. The molecular weight excluding hydrogens is 362 g/mol. The highest BCUT2D eigenvalue weighted by Gasteiger charge is 2.24. The molecule has 2 aromatic rings. The third-order valence-corrected chi connectivity index (χ3v) is 5.43. The SMILES string of the molecule is Cc1cc([N+](=O)[O-])cc(Cl)c1N1CCCN(C(=O)c2cccs2)CC1. The van der Waals surface area contributed by atoms with Gasteiger partial charge >= 0.3 is 0 Å². The Bertz CT molecular complexity index is 771. The van der Waals surface area contributed by atoms with Crippen molar-refractivity contribution in [1.82, 2.24) is 4.90 Å². The van der Waals surface area contributed by atoms with Gasteiger partial charge in [0, 0.05) is 38.3 Å². The van der Waals surface area contributed by atoms with Crippen molar-refractivity contribution in [3.05, 3.63) is 55.2 Å². The standard InChI is InChI=1S/C17H18ClN3O3S/c1-12-10-13(21(23)24)11-14(18)16(12)19-5-3-6-20(8-7-19)17(22)15-4-2-9-25-15/h2,4,9-11H,3,5-8H2,1H3. The van der Waals surface area contributed by atoms with Gasteiger partial charge in [-0.15, -0.1) is 11.3 Å². The number of nitro benzene ring substituents is 1. The van der Waals surface area contributed by atoms with Crippen molar-refractivity contribution in [2.24, 2.45) is 0 Å². The Morgan fingerprint density at radius 3 is 2.72 bits per heavy atom. The lowest BCUT2D eigenvalue weighted by Gasteiger charge is -2.26. The molecule has 132 valence electrons. The van der Waals surface area contributed by atoms with E-state index in [2.05, 4.69) is 4.90 Å². The first-order chi connectivity index (χ1) is 12.0. The van der Waals surface area contributed by atoms with Crippen molar-refractivity contribution in [2.75, 3.05) is 31.1 Å². The molecule has 8 heteroatoms. The van der Waals surface area contributed by atoms with Crippen molar-refractivity contribution in [3.63, 3.8) is 0 Å². The van der Waals surface area contributed by atoms with Crippen molar-refractivity contribution in [3.8, 4) is 0 Å². The third kappa shape index (κ3) is 3.77. The molecule has 0 bridgehead atoms. The van der Waals surface area contributed by atoms with E-state index < -0.39 is 4.92 Å². The summed E-state index contributed by atoms with van der Waals surface area (Å²) in [6.45, 7) is 4.52. The fraction of sp³-hybridized carbons (Fsp3) is 0.353. The summed E-state index contributed by atoms with van der Waals surface area (Å²) in [5.74, 6) is 0.0587. The maximum absolute atomic E-state index is 12.5. The van der Waals surface area contributed by atoms with Crippen LogP contribution in [0.25, 0.3) is 0 Å². The molecular formula is C17H18ClN3O3S. The summed E-state index contributed by atoms with van der Waals surface area (Å²) >= 11 is 7.77. The number of rotatable bonds is 3. The molecule has 1 fully saturated rings. The second kappa shape index (κ2) is 7.41. The molecule has 2 heterocycles. The summed E-state index contributed by atoms with van der Waals surface area (Å²) in [5, 5.41) is 13.2. The van der Waals surface area contributed by atoms with E-state index in [0.717, 1.165) is 29.1 Å². The van der Waals surface area contributed by atoms with Crippen molar-refractivity contribution < 1.29 is 9.72 Å². The maximum atomic E-state index is 12.5. The van der Waals surface area contributed by atoms with Gasteiger partial charge in [-0.2, -0.15) is 0 Å². The van der Waals surface area contributed by atoms with Crippen molar-refractivity contribution in [2.45, 2.75) is 13.3 Å². The molecule has 0 atom stereocenters. The van der Waals surface area contributed by atoms with Crippen LogP contribution in [0.3, 0.4) is 0 Å². The van der Waals surface area contributed by atoms with Gasteiger partial charge < -0.3 is 9.80 Å². The fourth-order valence-electron chi connectivity index (χ4n) is 3.12. The Hall–Kier alpha value is -2.12. The minimum Gasteiger partial charge on any atom is -0.368 e. The van der Waals surface area contributed by atoms with Crippen LogP contribution in [0, 0.1) is 17.0 Å². The first-order valence-electron chi connectivity index (χ1n) is 7.99. The van der Waals surface area contributed by atoms with E-state index in [9.17, 15) is 14.9 Å². The van der Waals surface area contributed by atoms with Crippen LogP contribution in [-0.4, -0.2) is 41.9 Å². The number of benzene rings is 1. The van der Waals surface area contributed by atoms with Crippen LogP contribution in [0.2, 0.25) is 5.02 Å². The van der Waals surface area contributed by atoms with Crippen molar-refractivity contribution >= 4 is 40.2 Å². The largest absolute Gasteiger partial charge is 0.368 e. The highest BCUT2D eigenvalue weighted by molar-refractivity contribution is 7.12. The number of non-ortho nitro benzene ring substituents is 1. The topological polar surface area (TPSA) is 66.7 Å². The van der Waals surface area contributed by atoms with E-state index in [4.69, 9.17) is 11.6 Å². The normalized spacial score (nSPS) is 15.1. The van der Waals surface area contributed by atoms with Crippen LogP contribution in [0.5, 0.6) is 0 Å². The molecule has 0 spiro atoms. The number of nitro groups is 1. The van der Waals surface area contributed by atoms with Gasteiger partial charge in [0.1, 0.15) is 0 Å². The van der Waals surface area contributed by atoms with E-state index >= 15 is 0 Å². The first-order valence-corrected chi connectivity index (χ1v) is 9.25. The van der Waals surface area contributed by atoms with E-state index in [1.54, 1.807) is 6.07 Å². The lowest BCUT2D eigenvalue weighted by molar-refractivity contribution is -0.384. The van der Waals surface area contributed by atoms with Gasteiger partial charge in [0.15, 0.2) is 0 Å². The number of hydrogen-bond acceptors (Lipinski definition) is 5. The van der Waals surface area contributed by atoms with E-state index in [0.29, 0.717) is 24.7 Å². The van der Waals surface area contributed by atoms with Crippen LogP contribution in [0.4, 0.5) is 11.4 Å². The Kier molecular flexibility index (Phi) is 5.24. The molecule has 0 saturated carbocycles. The van der Waals surface area contributed by atoms with Gasteiger partial charge in [0.05, 0.1) is 20.5 Å². The minimum atomic E-state index is -0.438. The van der Waals surface area contributed by atoms with E-state index in [-0.39, 0.29) is 11.6 Å². The zero-order valence-electron chi connectivity index (χ0n) is 13.8. The number of aryl methyl sites for hydroxylation is 1. The van der Waals surface area contributed by atoms with Gasteiger partial charge in [0.25, 0.3) is 11.6 Å². The van der Waals surface area contributed by atoms with Gasteiger partial charge in [-0.25, -0.2) is 0 Å². The molecule has 25 heavy (non-hydrogen) atoms. The number of amides is 1. The number of nitrogens with zero attached hydrogens (tertiary/aromatic N) is 3. The zero-order valence-corrected chi connectivity index (χ0v) is 15.3. The number of carbonyl (C=O) groups excluding carboxylic acids is 1. The number of halogens is 1.